The largest absolute Gasteiger partial charge is 0.151 e. The Bertz CT molecular complexity index is 322. The van der Waals surface area contributed by atoms with Crippen LogP contribution in [0.4, 0.5) is 0 Å². The zero-order valence-electron chi connectivity index (χ0n) is 8.70. The predicted octanol–water partition coefficient (Wildman–Crippen LogP) is 2.83. The molecule has 0 aromatic heterocycles. The minimum absolute atomic E-state index is 0.525. The van der Waals surface area contributed by atoms with E-state index in [2.05, 4.69) is 12.1 Å². The molecule has 0 aromatic carbocycles. The van der Waals surface area contributed by atoms with E-state index in [4.69, 9.17) is 0 Å². The first kappa shape index (κ1) is 7.84. The SMILES string of the molecule is CC12CC3CC4CC(CC1CN=O)C432. The van der Waals surface area contributed by atoms with Crippen LogP contribution in [0.2, 0.25) is 0 Å². The summed E-state index contributed by atoms with van der Waals surface area (Å²) in [6, 6.07) is 0. The molecule has 0 radical (unpaired) electrons. The molecule has 0 aliphatic heterocycles. The van der Waals surface area contributed by atoms with Crippen molar-refractivity contribution in [2.24, 2.45) is 39.7 Å². The Labute approximate surface area is 84.4 Å². The van der Waals surface area contributed by atoms with E-state index in [1.54, 1.807) is 0 Å². The van der Waals surface area contributed by atoms with Gasteiger partial charge in [-0.15, -0.1) is 0 Å². The summed E-state index contributed by atoms with van der Waals surface area (Å²) >= 11 is 0. The first-order chi connectivity index (χ1) is 6.73. The first-order valence-corrected chi connectivity index (χ1v) is 6.02. The average Bonchev–Trinajstić information content (AvgIpc) is 2.33. The van der Waals surface area contributed by atoms with Gasteiger partial charge in [-0.3, -0.25) is 0 Å². The van der Waals surface area contributed by atoms with Gasteiger partial charge in [-0.25, -0.2) is 0 Å². The molecule has 4 fully saturated rings. The molecule has 4 aliphatic rings. The average molecular weight is 191 g/mol. The lowest BCUT2D eigenvalue weighted by molar-refractivity contribution is -0.324. The third-order valence-corrected chi connectivity index (χ3v) is 6.59. The normalized spacial score (nSPS) is 66.9. The Morgan fingerprint density at radius 3 is 2.50 bits per heavy atom. The van der Waals surface area contributed by atoms with Crippen molar-refractivity contribution in [3.8, 4) is 0 Å². The van der Waals surface area contributed by atoms with Crippen LogP contribution in [-0.4, -0.2) is 6.54 Å². The Hall–Kier alpha value is -0.400. The summed E-state index contributed by atoms with van der Waals surface area (Å²) in [4.78, 5) is 10.5. The van der Waals surface area contributed by atoms with Gasteiger partial charge in [0.15, 0.2) is 0 Å². The van der Waals surface area contributed by atoms with Crippen molar-refractivity contribution >= 4 is 0 Å². The van der Waals surface area contributed by atoms with Crippen LogP contribution in [0.15, 0.2) is 5.18 Å². The van der Waals surface area contributed by atoms with Crippen LogP contribution >= 0.6 is 0 Å². The number of hydrogen-bond acceptors (Lipinski definition) is 2. The van der Waals surface area contributed by atoms with Crippen LogP contribution in [0.5, 0.6) is 0 Å². The fraction of sp³-hybridized carbons (Fsp3) is 1.00. The predicted molar refractivity (Wildman–Crippen MR) is 53.6 cm³/mol. The second-order valence-electron chi connectivity index (χ2n) is 6.36. The number of nitrogens with zero attached hydrogens (tertiary/aromatic N) is 1. The summed E-state index contributed by atoms with van der Waals surface area (Å²) in [6.45, 7) is 3.04. The summed E-state index contributed by atoms with van der Waals surface area (Å²) in [5.41, 5.74) is 1.26. The molecule has 0 bridgehead atoms. The fourth-order valence-corrected chi connectivity index (χ4v) is 6.23. The monoisotopic (exact) mass is 191 g/mol. The highest BCUT2D eigenvalue weighted by Crippen LogP contribution is 2.89. The molecule has 4 rings (SSSR count). The highest BCUT2D eigenvalue weighted by atomic mass is 16.3. The van der Waals surface area contributed by atoms with Crippen molar-refractivity contribution in [1.29, 1.82) is 0 Å². The Balaban J connectivity index is 1.73. The van der Waals surface area contributed by atoms with Gasteiger partial charge in [0.2, 0.25) is 0 Å². The van der Waals surface area contributed by atoms with Gasteiger partial charge in [0.25, 0.3) is 0 Å². The van der Waals surface area contributed by atoms with Gasteiger partial charge >= 0.3 is 0 Å². The summed E-state index contributed by atoms with van der Waals surface area (Å²) in [6.07, 6.45) is 5.70. The molecule has 4 saturated carbocycles. The molecule has 14 heavy (non-hydrogen) atoms. The molecular weight excluding hydrogens is 174 g/mol. The molecule has 0 saturated heterocycles. The van der Waals surface area contributed by atoms with E-state index in [1.807, 2.05) is 0 Å². The third-order valence-electron chi connectivity index (χ3n) is 6.59. The van der Waals surface area contributed by atoms with E-state index in [9.17, 15) is 4.91 Å². The van der Waals surface area contributed by atoms with Crippen molar-refractivity contribution in [2.75, 3.05) is 6.54 Å². The number of rotatable bonds is 2. The van der Waals surface area contributed by atoms with E-state index in [0.29, 0.717) is 17.9 Å². The Kier molecular flexibility index (Phi) is 1.08. The van der Waals surface area contributed by atoms with E-state index >= 15 is 0 Å². The number of hydrogen-bond donors (Lipinski definition) is 0. The van der Waals surface area contributed by atoms with Crippen LogP contribution in [0, 0.1) is 39.4 Å². The van der Waals surface area contributed by atoms with E-state index in [1.165, 1.54) is 25.7 Å². The Morgan fingerprint density at radius 1 is 1.21 bits per heavy atom. The molecule has 2 nitrogen and oxygen atoms in total. The second kappa shape index (κ2) is 1.94. The van der Waals surface area contributed by atoms with E-state index in [0.717, 1.165) is 23.2 Å². The maximum Gasteiger partial charge on any atom is 0.0844 e. The standard InChI is InChI=1S/C12H17NO/c1-11-5-9-3-7-2-8(12(7,9)11)4-10(11)6-13-14/h7-10H,2-6H2,1H3. The molecule has 2 heteroatoms. The molecule has 0 N–H and O–H groups in total. The van der Waals surface area contributed by atoms with Gasteiger partial charge in [-0.05, 0) is 60.2 Å². The maximum atomic E-state index is 10.5. The van der Waals surface area contributed by atoms with Crippen molar-refractivity contribution in [2.45, 2.75) is 32.6 Å². The van der Waals surface area contributed by atoms with Crippen LogP contribution < -0.4 is 0 Å². The van der Waals surface area contributed by atoms with Gasteiger partial charge in [0.05, 0.1) is 6.54 Å². The van der Waals surface area contributed by atoms with Crippen molar-refractivity contribution in [3.63, 3.8) is 0 Å². The zero-order chi connectivity index (χ0) is 9.55. The summed E-state index contributed by atoms with van der Waals surface area (Å²) in [5.74, 6) is 3.71. The summed E-state index contributed by atoms with van der Waals surface area (Å²) in [5, 5.41) is 3.16. The first-order valence-electron chi connectivity index (χ1n) is 6.02. The van der Waals surface area contributed by atoms with Crippen molar-refractivity contribution in [1.82, 2.24) is 0 Å². The van der Waals surface area contributed by atoms with Crippen LogP contribution in [0.25, 0.3) is 0 Å². The van der Waals surface area contributed by atoms with E-state index < -0.39 is 0 Å². The summed E-state index contributed by atoms with van der Waals surface area (Å²) < 4.78 is 0. The lowest BCUT2D eigenvalue weighted by Crippen LogP contribution is -2.74. The molecule has 0 heterocycles. The molecular formula is C12H17NO. The van der Waals surface area contributed by atoms with Gasteiger partial charge in [-0.2, -0.15) is 4.91 Å². The number of nitroso groups, excluding NO2 is 1. The van der Waals surface area contributed by atoms with Crippen molar-refractivity contribution in [3.05, 3.63) is 4.91 Å². The summed E-state index contributed by atoms with van der Waals surface area (Å²) in [7, 11) is 0. The molecule has 1 spiro atoms. The quantitative estimate of drug-likeness (QED) is 0.617. The van der Waals surface area contributed by atoms with Gasteiger partial charge in [-0.1, -0.05) is 12.1 Å². The van der Waals surface area contributed by atoms with Gasteiger partial charge in [0.1, 0.15) is 0 Å². The maximum absolute atomic E-state index is 10.5. The van der Waals surface area contributed by atoms with Crippen LogP contribution in [-0.2, 0) is 0 Å². The smallest absolute Gasteiger partial charge is 0.0844 e. The van der Waals surface area contributed by atoms with Crippen LogP contribution in [0.3, 0.4) is 0 Å². The Morgan fingerprint density at radius 2 is 1.93 bits per heavy atom. The lowest BCUT2D eigenvalue weighted by atomic mass is 9.24. The lowest BCUT2D eigenvalue weighted by Gasteiger charge is -2.80. The molecule has 6 unspecified atom stereocenters. The zero-order valence-corrected chi connectivity index (χ0v) is 8.70. The van der Waals surface area contributed by atoms with E-state index in [-0.39, 0.29) is 0 Å². The molecule has 0 aromatic rings. The fourth-order valence-electron chi connectivity index (χ4n) is 6.23. The van der Waals surface area contributed by atoms with Crippen molar-refractivity contribution < 1.29 is 0 Å². The highest BCUT2D eigenvalue weighted by Gasteiger charge is 2.83. The topological polar surface area (TPSA) is 29.4 Å². The minimum atomic E-state index is 0.525. The van der Waals surface area contributed by atoms with Gasteiger partial charge < -0.3 is 0 Å². The molecule has 0 amide bonds. The molecule has 4 aliphatic carbocycles. The van der Waals surface area contributed by atoms with Gasteiger partial charge in [0, 0.05) is 0 Å². The highest BCUT2D eigenvalue weighted by molar-refractivity contribution is 5.32. The third kappa shape index (κ3) is 0.471. The second-order valence-corrected chi connectivity index (χ2v) is 6.36. The molecule has 6 atom stereocenters. The molecule has 76 valence electrons. The minimum Gasteiger partial charge on any atom is -0.151 e. The van der Waals surface area contributed by atoms with Crippen LogP contribution in [0.1, 0.15) is 32.6 Å².